The summed E-state index contributed by atoms with van der Waals surface area (Å²) in [5.41, 5.74) is 6.61. The number of halogens is 1. The number of para-hydroxylation sites is 2. The lowest BCUT2D eigenvalue weighted by Gasteiger charge is -2.13. The van der Waals surface area contributed by atoms with Crippen LogP contribution in [0.15, 0.2) is 59.6 Å². The van der Waals surface area contributed by atoms with E-state index in [9.17, 15) is 12.8 Å². The van der Waals surface area contributed by atoms with Crippen LogP contribution in [0.2, 0.25) is 0 Å². The second-order valence-electron chi connectivity index (χ2n) is 5.04. The predicted molar refractivity (Wildman–Crippen MR) is 89.9 cm³/mol. The number of aromatic nitrogens is 2. The molecule has 0 unspecified atom stereocenters. The van der Waals surface area contributed by atoms with Crippen molar-refractivity contribution in [3.8, 4) is 11.8 Å². The first-order valence-electron chi connectivity index (χ1n) is 7.04. The summed E-state index contributed by atoms with van der Waals surface area (Å²) < 4.78 is 41.7. The molecule has 1 heterocycles. The fourth-order valence-corrected chi connectivity index (χ4v) is 3.27. The van der Waals surface area contributed by atoms with Gasteiger partial charge in [-0.15, -0.1) is 0 Å². The standard InChI is InChI=1S/C16H12FN5O2S/c17-12-5-7-13(8-6-12)25(23,24)21-14-3-1-2-4-15(14)22-16(19)11(9-18)10-20-22/h1-8,10,21H,19H2. The maximum Gasteiger partial charge on any atom is 0.261 e. The Bertz CT molecular complexity index is 1070. The lowest BCUT2D eigenvalue weighted by molar-refractivity contribution is 0.599. The molecular formula is C16H12FN5O2S. The zero-order chi connectivity index (χ0) is 18.0. The molecule has 0 saturated carbocycles. The molecule has 9 heteroatoms. The average Bonchev–Trinajstić information content (AvgIpc) is 2.96. The van der Waals surface area contributed by atoms with E-state index >= 15 is 0 Å². The van der Waals surface area contributed by atoms with Crippen LogP contribution in [0.25, 0.3) is 5.69 Å². The molecule has 2 aromatic carbocycles. The molecule has 0 aliphatic carbocycles. The van der Waals surface area contributed by atoms with Crippen LogP contribution in [0, 0.1) is 17.1 Å². The van der Waals surface area contributed by atoms with Crippen molar-refractivity contribution in [1.82, 2.24) is 9.78 Å². The largest absolute Gasteiger partial charge is 0.382 e. The third kappa shape index (κ3) is 3.15. The first-order chi connectivity index (χ1) is 11.9. The summed E-state index contributed by atoms with van der Waals surface area (Å²) in [7, 11) is -3.94. The molecule has 126 valence electrons. The number of benzene rings is 2. The smallest absolute Gasteiger partial charge is 0.261 e. The van der Waals surface area contributed by atoms with Crippen molar-refractivity contribution in [3.05, 3.63) is 66.1 Å². The van der Waals surface area contributed by atoms with E-state index in [0.29, 0.717) is 5.69 Å². The molecule has 0 radical (unpaired) electrons. The number of sulfonamides is 1. The highest BCUT2D eigenvalue weighted by atomic mass is 32.2. The second kappa shape index (κ2) is 6.26. The van der Waals surface area contributed by atoms with E-state index < -0.39 is 15.8 Å². The molecule has 0 atom stereocenters. The Kier molecular flexibility index (Phi) is 4.12. The molecule has 0 saturated heterocycles. The van der Waals surface area contributed by atoms with Crippen LogP contribution in [-0.2, 0) is 10.0 Å². The lowest BCUT2D eigenvalue weighted by Crippen LogP contribution is -2.15. The Labute approximate surface area is 143 Å². The van der Waals surface area contributed by atoms with E-state index in [-0.39, 0.29) is 22.0 Å². The van der Waals surface area contributed by atoms with Gasteiger partial charge in [0.25, 0.3) is 10.0 Å². The summed E-state index contributed by atoms with van der Waals surface area (Å²) >= 11 is 0. The highest BCUT2D eigenvalue weighted by Gasteiger charge is 2.18. The third-order valence-corrected chi connectivity index (χ3v) is 4.81. The first kappa shape index (κ1) is 16.5. The molecule has 0 aliphatic heterocycles. The normalized spacial score (nSPS) is 11.0. The zero-order valence-corrected chi connectivity index (χ0v) is 13.5. The third-order valence-electron chi connectivity index (χ3n) is 3.43. The molecule has 3 N–H and O–H groups in total. The minimum atomic E-state index is -3.94. The highest BCUT2D eigenvalue weighted by Crippen LogP contribution is 2.26. The van der Waals surface area contributed by atoms with Crippen molar-refractivity contribution in [2.45, 2.75) is 4.90 Å². The number of nitrogens with two attached hydrogens (primary N) is 1. The molecule has 0 amide bonds. The van der Waals surface area contributed by atoms with Crippen molar-refractivity contribution >= 4 is 21.5 Å². The van der Waals surface area contributed by atoms with Gasteiger partial charge in [0.2, 0.25) is 0 Å². The summed E-state index contributed by atoms with van der Waals surface area (Å²) in [4.78, 5) is -0.0881. The van der Waals surface area contributed by atoms with Crippen LogP contribution in [-0.4, -0.2) is 18.2 Å². The molecule has 0 aliphatic rings. The zero-order valence-electron chi connectivity index (χ0n) is 12.7. The van der Waals surface area contributed by atoms with Crippen LogP contribution in [0.5, 0.6) is 0 Å². The van der Waals surface area contributed by atoms with Crippen molar-refractivity contribution < 1.29 is 12.8 Å². The van der Waals surface area contributed by atoms with Gasteiger partial charge in [0.05, 0.1) is 22.5 Å². The molecular weight excluding hydrogens is 345 g/mol. The fourth-order valence-electron chi connectivity index (χ4n) is 2.20. The van der Waals surface area contributed by atoms with Gasteiger partial charge in [-0.3, -0.25) is 4.72 Å². The van der Waals surface area contributed by atoms with E-state index in [2.05, 4.69) is 9.82 Å². The van der Waals surface area contributed by atoms with Gasteiger partial charge in [0.1, 0.15) is 23.3 Å². The van der Waals surface area contributed by atoms with Crippen LogP contribution in [0.4, 0.5) is 15.9 Å². The quantitative estimate of drug-likeness (QED) is 0.743. The number of hydrogen-bond donors (Lipinski definition) is 2. The predicted octanol–water partition coefficient (Wildman–Crippen LogP) is 2.27. The molecule has 0 fully saturated rings. The molecule has 0 bridgehead atoms. The number of rotatable bonds is 4. The number of anilines is 2. The summed E-state index contributed by atoms with van der Waals surface area (Å²) in [6.45, 7) is 0. The second-order valence-corrected chi connectivity index (χ2v) is 6.73. The Morgan fingerprint density at radius 3 is 2.48 bits per heavy atom. The molecule has 1 aromatic heterocycles. The summed E-state index contributed by atoms with van der Waals surface area (Å²) in [5, 5.41) is 13.0. The summed E-state index contributed by atoms with van der Waals surface area (Å²) in [5.74, 6) is -0.441. The fraction of sp³-hybridized carbons (Fsp3) is 0. The van der Waals surface area contributed by atoms with Crippen molar-refractivity contribution in [2.75, 3.05) is 10.5 Å². The Hall–Kier alpha value is -3.38. The van der Waals surface area contributed by atoms with Gasteiger partial charge >= 0.3 is 0 Å². The minimum absolute atomic E-state index is 0.0881. The van der Waals surface area contributed by atoms with Gasteiger partial charge in [-0.05, 0) is 36.4 Å². The topological polar surface area (TPSA) is 114 Å². The molecule has 25 heavy (non-hydrogen) atoms. The van der Waals surface area contributed by atoms with E-state index in [4.69, 9.17) is 11.0 Å². The van der Waals surface area contributed by atoms with Crippen molar-refractivity contribution in [2.24, 2.45) is 0 Å². The molecule has 3 aromatic rings. The first-order valence-corrected chi connectivity index (χ1v) is 8.52. The molecule has 0 spiro atoms. The molecule has 3 rings (SSSR count). The van der Waals surface area contributed by atoms with Crippen LogP contribution < -0.4 is 10.5 Å². The van der Waals surface area contributed by atoms with Gasteiger partial charge in [-0.25, -0.2) is 17.5 Å². The van der Waals surface area contributed by atoms with Gasteiger partial charge in [0.15, 0.2) is 0 Å². The number of hydrogen-bond acceptors (Lipinski definition) is 5. The number of nitriles is 1. The monoisotopic (exact) mass is 357 g/mol. The minimum Gasteiger partial charge on any atom is -0.382 e. The summed E-state index contributed by atoms with van der Waals surface area (Å²) in [6.07, 6.45) is 1.29. The van der Waals surface area contributed by atoms with Crippen molar-refractivity contribution in [3.63, 3.8) is 0 Å². The average molecular weight is 357 g/mol. The summed E-state index contributed by atoms with van der Waals surface area (Å²) in [6, 6.07) is 12.8. The number of nitrogen functional groups attached to an aromatic ring is 1. The van der Waals surface area contributed by atoms with E-state index in [1.807, 2.05) is 6.07 Å². The van der Waals surface area contributed by atoms with Crippen LogP contribution >= 0.6 is 0 Å². The van der Waals surface area contributed by atoms with Crippen LogP contribution in [0.3, 0.4) is 0 Å². The van der Waals surface area contributed by atoms with Gasteiger partial charge in [-0.2, -0.15) is 10.4 Å². The van der Waals surface area contributed by atoms with Gasteiger partial charge in [0, 0.05) is 0 Å². The number of nitrogens with one attached hydrogen (secondary N) is 1. The highest BCUT2D eigenvalue weighted by molar-refractivity contribution is 7.92. The SMILES string of the molecule is N#Cc1cnn(-c2ccccc2NS(=O)(=O)c2ccc(F)cc2)c1N. The van der Waals surface area contributed by atoms with E-state index in [0.717, 1.165) is 24.3 Å². The Morgan fingerprint density at radius 2 is 1.84 bits per heavy atom. The van der Waals surface area contributed by atoms with Gasteiger partial charge < -0.3 is 5.73 Å². The van der Waals surface area contributed by atoms with Gasteiger partial charge in [-0.1, -0.05) is 12.1 Å². The maximum atomic E-state index is 13.0. The van der Waals surface area contributed by atoms with E-state index in [1.54, 1.807) is 18.2 Å². The maximum absolute atomic E-state index is 13.0. The molecule has 7 nitrogen and oxygen atoms in total. The Balaban J connectivity index is 2.03. The van der Waals surface area contributed by atoms with E-state index in [1.165, 1.54) is 16.9 Å². The van der Waals surface area contributed by atoms with Crippen LogP contribution in [0.1, 0.15) is 5.56 Å². The Morgan fingerprint density at radius 1 is 1.16 bits per heavy atom. The van der Waals surface area contributed by atoms with Crippen molar-refractivity contribution in [1.29, 1.82) is 5.26 Å². The number of nitrogens with zero attached hydrogens (tertiary/aromatic N) is 3. The lowest BCUT2D eigenvalue weighted by atomic mass is 10.2.